The molecule has 0 aliphatic rings. The molecule has 1 heterocycles. The van der Waals surface area contributed by atoms with Crippen LogP contribution < -0.4 is 0 Å². The summed E-state index contributed by atoms with van der Waals surface area (Å²) in [5.74, 6) is -0.108. The van der Waals surface area contributed by atoms with Gasteiger partial charge in [-0.2, -0.15) is 0 Å². The molecule has 0 N–H and O–H groups in total. The van der Waals surface area contributed by atoms with Gasteiger partial charge in [-0.25, -0.2) is 4.39 Å². The molecule has 2 nitrogen and oxygen atoms in total. The third-order valence-corrected chi connectivity index (χ3v) is 2.88. The van der Waals surface area contributed by atoms with E-state index < -0.39 is 0 Å². The largest absolute Gasteiger partial charge is 0.452 e. The molecule has 0 saturated carbocycles. The maximum Gasteiger partial charge on any atom is 0.198 e. The predicted molar refractivity (Wildman–Crippen MR) is 63.1 cm³/mol. The summed E-state index contributed by atoms with van der Waals surface area (Å²) in [5.41, 5.74) is 0.515. The van der Waals surface area contributed by atoms with Crippen LogP contribution in [0.25, 0.3) is 11.0 Å². The number of ketones is 1. The monoisotopic (exact) mass is 284 g/mol. The Labute approximate surface area is 101 Å². The molecule has 0 amide bonds. The Morgan fingerprint density at radius 3 is 2.88 bits per heavy atom. The molecule has 0 saturated heterocycles. The number of fused-ring (bicyclic) bond motifs is 1. The number of hydrogen-bond donors (Lipinski definition) is 0. The molecule has 4 heteroatoms. The van der Waals surface area contributed by atoms with Gasteiger partial charge in [0.15, 0.2) is 11.5 Å². The van der Waals surface area contributed by atoms with E-state index >= 15 is 0 Å². The summed E-state index contributed by atoms with van der Waals surface area (Å²) in [4.78, 5) is 11.6. The van der Waals surface area contributed by atoms with Gasteiger partial charge in [-0.1, -0.05) is 6.92 Å². The second-order valence-electron chi connectivity index (χ2n) is 3.59. The van der Waals surface area contributed by atoms with Crippen molar-refractivity contribution in [3.8, 4) is 0 Å². The fourth-order valence-corrected chi connectivity index (χ4v) is 2.09. The fraction of sp³-hybridized carbons (Fsp3) is 0.250. The van der Waals surface area contributed by atoms with E-state index in [2.05, 4.69) is 15.9 Å². The average molecular weight is 285 g/mol. The zero-order valence-corrected chi connectivity index (χ0v) is 10.3. The van der Waals surface area contributed by atoms with Crippen molar-refractivity contribution in [3.05, 3.63) is 34.2 Å². The van der Waals surface area contributed by atoms with Crippen LogP contribution in [0.2, 0.25) is 0 Å². The van der Waals surface area contributed by atoms with Gasteiger partial charge in [0.1, 0.15) is 11.4 Å². The zero-order valence-electron chi connectivity index (χ0n) is 8.72. The summed E-state index contributed by atoms with van der Waals surface area (Å²) < 4.78 is 19.0. The second kappa shape index (κ2) is 4.37. The first-order valence-electron chi connectivity index (χ1n) is 5.03. The van der Waals surface area contributed by atoms with E-state index in [1.165, 1.54) is 12.1 Å². The van der Waals surface area contributed by atoms with Gasteiger partial charge in [0, 0.05) is 11.8 Å². The molecule has 0 bridgehead atoms. The van der Waals surface area contributed by atoms with Gasteiger partial charge in [0.05, 0.1) is 4.47 Å². The van der Waals surface area contributed by atoms with Gasteiger partial charge in [0.25, 0.3) is 0 Å². The number of hydrogen-bond acceptors (Lipinski definition) is 2. The van der Waals surface area contributed by atoms with E-state index in [1.807, 2.05) is 6.92 Å². The molecule has 0 atom stereocenters. The van der Waals surface area contributed by atoms with Crippen LogP contribution in [0.15, 0.2) is 27.1 Å². The van der Waals surface area contributed by atoms with E-state index in [0.29, 0.717) is 27.6 Å². The minimum absolute atomic E-state index is 0.0500. The van der Waals surface area contributed by atoms with Crippen molar-refractivity contribution in [2.45, 2.75) is 19.8 Å². The number of carbonyl (C=O) groups is 1. The third-order valence-electron chi connectivity index (χ3n) is 2.29. The molecular weight excluding hydrogens is 275 g/mol. The highest BCUT2D eigenvalue weighted by Gasteiger charge is 2.13. The molecule has 0 unspecified atom stereocenters. The summed E-state index contributed by atoms with van der Waals surface area (Å²) in [5, 5.41) is 0.603. The van der Waals surface area contributed by atoms with Crippen molar-refractivity contribution in [2.24, 2.45) is 0 Å². The molecule has 2 rings (SSSR count). The van der Waals surface area contributed by atoms with Crippen molar-refractivity contribution < 1.29 is 13.6 Å². The predicted octanol–water partition coefficient (Wildman–Crippen LogP) is 4.32. The first kappa shape index (κ1) is 11.3. The lowest BCUT2D eigenvalue weighted by Gasteiger charge is -1.93. The maximum absolute atomic E-state index is 13.1. The lowest BCUT2D eigenvalue weighted by atomic mass is 10.2. The fourth-order valence-electron chi connectivity index (χ4n) is 1.56. The quantitative estimate of drug-likeness (QED) is 0.786. The Hall–Kier alpha value is -1.16. The van der Waals surface area contributed by atoms with Crippen LogP contribution in [0.4, 0.5) is 4.39 Å². The highest BCUT2D eigenvalue weighted by atomic mass is 79.9. The molecule has 0 spiro atoms. The van der Waals surface area contributed by atoms with Crippen molar-refractivity contribution in [2.75, 3.05) is 0 Å². The van der Waals surface area contributed by atoms with Crippen molar-refractivity contribution >= 4 is 32.7 Å². The number of carbonyl (C=O) groups excluding carboxylic acids is 1. The summed E-state index contributed by atoms with van der Waals surface area (Å²) in [6.45, 7) is 1.93. The smallest absolute Gasteiger partial charge is 0.198 e. The Morgan fingerprint density at radius 2 is 2.19 bits per heavy atom. The summed E-state index contributed by atoms with van der Waals surface area (Å²) in [6.07, 6.45) is 1.21. The zero-order chi connectivity index (χ0) is 11.7. The number of halogens is 2. The van der Waals surface area contributed by atoms with Crippen LogP contribution in [-0.4, -0.2) is 5.78 Å². The molecule has 0 aliphatic carbocycles. The van der Waals surface area contributed by atoms with Crippen LogP contribution in [0.5, 0.6) is 0 Å². The molecule has 0 aliphatic heterocycles. The third kappa shape index (κ3) is 2.02. The second-order valence-corrected chi connectivity index (χ2v) is 4.44. The topological polar surface area (TPSA) is 30.2 Å². The summed E-state index contributed by atoms with van der Waals surface area (Å²) >= 11 is 3.20. The number of Topliss-reactive ketones (excluding diaryl/α,β-unsaturated/α-hetero) is 1. The molecule has 84 valence electrons. The molecule has 1 aromatic carbocycles. The first-order chi connectivity index (χ1) is 7.61. The number of furan rings is 1. The van der Waals surface area contributed by atoms with E-state index in [1.54, 1.807) is 6.07 Å². The van der Waals surface area contributed by atoms with Gasteiger partial charge >= 0.3 is 0 Å². The van der Waals surface area contributed by atoms with Crippen LogP contribution in [0.1, 0.15) is 30.3 Å². The van der Waals surface area contributed by atoms with Crippen LogP contribution in [0.3, 0.4) is 0 Å². The van der Waals surface area contributed by atoms with Gasteiger partial charge in [-0.15, -0.1) is 0 Å². The molecule has 16 heavy (non-hydrogen) atoms. The SMILES string of the molecule is CCCC(=O)c1cc2cc(F)cc(Br)c2o1. The minimum atomic E-state index is -0.352. The van der Waals surface area contributed by atoms with Gasteiger partial charge in [0.2, 0.25) is 0 Å². The summed E-state index contributed by atoms with van der Waals surface area (Å²) in [6, 6.07) is 4.26. The average Bonchev–Trinajstić information content (AvgIpc) is 2.62. The normalized spacial score (nSPS) is 10.9. The first-order valence-corrected chi connectivity index (χ1v) is 5.83. The summed E-state index contributed by atoms with van der Waals surface area (Å²) in [7, 11) is 0. The molecule has 0 radical (unpaired) electrons. The molecule has 0 fully saturated rings. The number of rotatable bonds is 3. The van der Waals surface area contributed by atoms with E-state index in [4.69, 9.17) is 4.42 Å². The number of benzene rings is 1. The van der Waals surface area contributed by atoms with Crippen LogP contribution in [0, 0.1) is 5.82 Å². The standard InChI is InChI=1S/C12H10BrFO2/c1-2-3-10(15)11-5-7-4-8(14)6-9(13)12(7)16-11/h4-6H,2-3H2,1H3. The van der Waals surface area contributed by atoms with Gasteiger partial charge in [-0.3, -0.25) is 4.79 Å². The van der Waals surface area contributed by atoms with Crippen LogP contribution >= 0.6 is 15.9 Å². The van der Waals surface area contributed by atoms with Crippen molar-refractivity contribution in [1.29, 1.82) is 0 Å². The van der Waals surface area contributed by atoms with E-state index in [0.717, 1.165) is 6.42 Å². The Kier molecular flexibility index (Phi) is 3.10. The molecular formula is C12H10BrFO2. The van der Waals surface area contributed by atoms with E-state index in [-0.39, 0.29) is 11.6 Å². The lowest BCUT2D eigenvalue weighted by molar-refractivity contribution is 0.0957. The maximum atomic E-state index is 13.1. The molecule has 1 aromatic heterocycles. The Morgan fingerprint density at radius 1 is 1.44 bits per heavy atom. The van der Waals surface area contributed by atoms with Gasteiger partial charge in [-0.05, 0) is 40.5 Å². The molecule has 2 aromatic rings. The highest BCUT2D eigenvalue weighted by Crippen LogP contribution is 2.29. The van der Waals surface area contributed by atoms with E-state index in [9.17, 15) is 9.18 Å². The van der Waals surface area contributed by atoms with Crippen molar-refractivity contribution in [1.82, 2.24) is 0 Å². The van der Waals surface area contributed by atoms with Crippen molar-refractivity contribution in [3.63, 3.8) is 0 Å². The Bertz CT molecular complexity index is 545. The Balaban J connectivity index is 2.51. The van der Waals surface area contributed by atoms with Gasteiger partial charge < -0.3 is 4.42 Å². The van der Waals surface area contributed by atoms with Crippen LogP contribution in [-0.2, 0) is 0 Å². The lowest BCUT2D eigenvalue weighted by Crippen LogP contribution is -1.94. The highest BCUT2D eigenvalue weighted by molar-refractivity contribution is 9.10. The minimum Gasteiger partial charge on any atom is -0.452 e.